The number of halogens is 2. The van der Waals surface area contributed by atoms with Gasteiger partial charge in [-0.2, -0.15) is 0 Å². The van der Waals surface area contributed by atoms with E-state index in [2.05, 4.69) is 6.92 Å². The van der Waals surface area contributed by atoms with Gasteiger partial charge in [-0.3, -0.25) is 4.79 Å². The van der Waals surface area contributed by atoms with Gasteiger partial charge in [0.15, 0.2) is 0 Å². The summed E-state index contributed by atoms with van der Waals surface area (Å²) in [7, 11) is 0. The molecule has 186 valence electrons. The first kappa shape index (κ1) is 26.3. The second-order valence-corrected chi connectivity index (χ2v) is 9.39. The summed E-state index contributed by atoms with van der Waals surface area (Å²) in [6.07, 6.45) is 13.7. The van der Waals surface area contributed by atoms with Crippen molar-refractivity contribution in [2.24, 2.45) is 5.92 Å². The molecule has 0 N–H and O–H groups in total. The van der Waals surface area contributed by atoms with E-state index >= 15 is 0 Å². The van der Waals surface area contributed by atoms with Crippen LogP contribution in [0.3, 0.4) is 0 Å². The molecule has 2 aromatic rings. The predicted molar refractivity (Wildman–Crippen MR) is 132 cm³/mol. The number of carbonyl (C=O) groups excluding carboxylic acids is 1. The van der Waals surface area contributed by atoms with Crippen molar-refractivity contribution in [1.29, 1.82) is 0 Å². The minimum Gasteiger partial charge on any atom is -0.426 e. The molecule has 3 rings (SSSR count). The number of rotatable bonds is 13. The Hall–Kier alpha value is -2.27. The fraction of sp³-hybridized carbons (Fsp3) is 0.552. The molecular weight excluding hydrogens is 434 g/mol. The quantitative estimate of drug-likeness (QED) is 0.167. The Morgan fingerprint density at radius 1 is 0.853 bits per heavy atom. The molecule has 0 aliphatic heterocycles. The van der Waals surface area contributed by atoms with Gasteiger partial charge in [-0.25, -0.2) is 8.78 Å². The van der Waals surface area contributed by atoms with Crippen LogP contribution in [0.2, 0.25) is 0 Å². The van der Waals surface area contributed by atoms with Crippen LogP contribution < -0.4 is 4.74 Å². The number of hydrogen-bond acceptors (Lipinski definition) is 3. The molecule has 0 heterocycles. The molecule has 2 aromatic carbocycles. The molecule has 0 spiro atoms. The molecule has 0 aromatic heterocycles. The summed E-state index contributed by atoms with van der Waals surface area (Å²) in [5.74, 6) is -1.17. The van der Waals surface area contributed by atoms with E-state index in [1.807, 2.05) is 0 Å². The van der Waals surface area contributed by atoms with Crippen molar-refractivity contribution in [2.75, 3.05) is 6.61 Å². The number of ether oxygens (including phenoxy) is 2. The van der Waals surface area contributed by atoms with Crippen LogP contribution in [0.25, 0.3) is 11.1 Å². The summed E-state index contributed by atoms with van der Waals surface area (Å²) < 4.78 is 39.1. The maximum absolute atomic E-state index is 14.5. The summed E-state index contributed by atoms with van der Waals surface area (Å²) >= 11 is 0. The lowest BCUT2D eigenvalue weighted by Crippen LogP contribution is -2.29. The fourth-order valence-electron chi connectivity index (χ4n) is 4.57. The van der Waals surface area contributed by atoms with Crippen LogP contribution in [0.5, 0.6) is 5.75 Å². The predicted octanol–water partition coefficient (Wildman–Crippen LogP) is 8.25. The van der Waals surface area contributed by atoms with E-state index in [1.54, 1.807) is 12.1 Å². The van der Waals surface area contributed by atoms with E-state index < -0.39 is 5.82 Å². The Morgan fingerprint density at radius 2 is 1.50 bits per heavy atom. The minimum absolute atomic E-state index is 0.178. The van der Waals surface area contributed by atoms with Gasteiger partial charge >= 0.3 is 5.97 Å². The number of unbranched alkanes of at least 4 members (excludes halogenated alkanes) is 7. The van der Waals surface area contributed by atoms with Crippen LogP contribution in [0.15, 0.2) is 42.5 Å². The summed E-state index contributed by atoms with van der Waals surface area (Å²) in [5.41, 5.74) is 0.913. The molecule has 0 unspecified atom stereocenters. The number of carbonyl (C=O) groups is 1. The second-order valence-electron chi connectivity index (χ2n) is 9.39. The van der Waals surface area contributed by atoms with Crippen molar-refractivity contribution < 1.29 is 23.0 Å². The van der Waals surface area contributed by atoms with Crippen LogP contribution in [0.4, 0.5) is 8.78 Å². The third kappa shape index (κ3) is 8.50. The second kappa shape index (κ2) is 14.2. The molecule has 1 saturated carbocycles. The van der Waals surface area contributed by atoms with Crippen LogP contribution in [0.1, 0.15) is 84.0 Å². The fourth-order valence-corrected chi connectivity index (χ4v) is 4.57. The SMILES string of the molecule is CCCCCCCCCCO[C@H]1CC[C@H](C(=O)Oc2ccc(-c3ccc(F)cc3)c(F)c2)CC1. The first-order chi connectivity index (χ1) is 16.6. The summed E-state index contributed by atoms with van der Waals surface area (Å²) in [4.78, 5) is 12.6. The Morgan fingerprint density at radius 3 is 2.15 bits per heavy atom. The highest BCUT2D eigenvalue weighted by molar-refractivity contribution is 5.75. The first-order valence-corrected chi connectivity index (χ1v) is 13.0. The molecule has 1 aliphatic carbocycles. The summed E-state index contributed by atoms with van der Waals surface area (Å²) in [6.45, 7) is 3.04. The van der Waals surface area contributed by atoms with Crippen LogP contribution in [-0.4, -0.2) is 18.7 Å². The smallest absolute Gasteiger partial charge is 0.314 e. The van der Waals surface area contributed by atoms with Gasteiger partial charge in [-0.05, 0) is 61.9 Å². The minimum atomic E-state index is -0.505. The average molecular weight is 473 g/mol. The highest BCUT2D eigenvalue weighted by Gasteiger charge is 2.28. The summed E-state index contributed by atoms with van der Waals surface area (Å²) in [6, 6.07) is 9.98. The molecule has 0 bridgehead atoms. The van der Waals surface area contributed by atoms with Gasteiger partial charge in [-0.1, -0.05) is 64.0 Å². The lowest BCUT2D eigenvalue weighted by molar-refractivity contribution is -0.141. The third-order valence-electron chi connectivity index (χ3n) is 6.67. The first-order valence-electron chi connectivity index (χ1n) is 13.0. The molecule has 3 nitrogen and oxygen atoms in total. The van der Waals surface area contributed by atoms with E-state index in [9.17, 15) is 13.6 Å². The van der Waals surface area contributed by atoms with Gasteiger partial charge < -0.3 is 9.47 Å². The van der Waals surface area contributed by atoms with Gasteiger partial charge in [0.1, 0.15) is 17.4 Å². The van der Waals surface area contributed by atoms with E-state index in [1.165, 1.54) is 75.3 Å². The topological polar surface area (TPSA) is 35.5 Å². The Labute approximate surface area is 202 Å². The van der Waals surface area contributed by atoms with Gasteiger partial charge in [-0.15, -0.1) is 0 Å². The number of hydrogen-bond donors (Lipinski definition) is 0. The van der Waals surface area contributed by atoms with E-state index in [0.717, 1.165) is 38.7 Å². The van der Waals surface area contributed by atoms with Crippen molar-refractivity contribution in [2.45, 2.75) is 90.1 Å². The number of esters is 1. The van der Waals surface area contributed by atoms with Gasteiger partial charge in [0.25, 0.3) is 0 Å². The monoisotopic (exact) mass is 472 g/mol. The van der Waals surface area contributed by atoms with Crippen LogP contribution in [-0.2, 0) is 9.53 Å². The lowest BCUT2D eigenvalue weighted by Gasteiger charge is -2.27. The zero-order chi connectivity index (χ0) is 24.2. The zero-order valence-electron chi connectivity index (χ0n) is 20.4. The molecule has 0 saturated heterocycles. The van der Waals surface area contributed by atoms with Crippen LogP contribution >= 0.6 is 0 Å². The Kier molecular flexibility index (Phi) is 11.0. The van der Waals surface area contributed by atoms with E-state index in [0.29, 0.717) is 11.1 Å². The summed E-state index contributed by atoms with van der Waals surface area (Å²) in [5, 5.41) is 0. The maximum atomic E-state index is 14.5. The average Bonchev–Trinajstić information content (AvgIpc) is 2.84. The van der Waals surface area contributed by atoms with Gasteiger partial charge in [0.2, 0.25) is 0 Å². The zero-order valence-corrected chi connectivity index (χ0v) is 20.4. The van der Waals surface area contributed by atoms with Crippen molar-refractivity contribution in [1.82, 2.24) is 0 Å². The maximum Gasteiger partial charge on any atom is 0.314 e. The molecule has 0 amide bonds. The van der Waals surface area contributed by atoms with Crippen molar-refractivity contribution >= 4 is 5.97 Å². The van der Waals surface area contributed by atoms with E-state index in [-0.39, 0.29) is 29.6 Å². The van der Waals surface area contributed by atoms with Gasteiger partial charge in [0.05, 0.1) is 12.0 Å². The molecule has 1 aliphatic rings. The van der Waals surface area contributed by atoms with Crippen molar-refractivity contribution in [3.63, 3.8) is 0 Å². The van der Waals surface area contributed by atoms with Gasteiger partial charge in [0, 0.05) is 18.2 Å². The highest BCUT2D eigenvalue weighted by atomic mass is 19.1. The molecule has 5 heteroatoms. The normalized spacial score (nSPS) is 18.1. The van der Waals surface area contributed by atoms with Crippen LogP contribution in [0, 0.1) is 17.6 Å². The Balaban J connectivity index is 1.34. The molecule has 0 radical (unpaired) electrons. The lowest BCUT2D eigenvalue weighted by atomic mass is 9.87. The van der Waals surface area contributed by atoms with Crippen molar-refractivity contribution in [3.8, 4) is 16.9 Å². The third-order valence-corrected chi connectivity index (χ3v) is 6.67. The molecule has 1 fully saturated rings. The molecular formula is C29H38F2O3. The largest absolute Gasteiger partial charge is 0.426 e. The highest BCUT2D eigenvalue weighted by Crippen LogP contribution is 2.30. The van der Waals surface area contributed by atoms with Crippen molar-refractivity contribution in [3.05, 3.63) is 54.1 Å². The van der Waals surface area contributed by atoms with E-state index in [4.69, 9.17) is 9.47 Å². The molecule has 0 atom stereocenters. The Bertz CT molecular complexity index is 873. The molecule has 34 heavy (non-hydrogen) atoms. The number of benzene rings is 2. The standard InChI is InChI=1S/C29H38F2O3/c1-2-3-4-5-6-7-8-9-20-33-25-16-12-23(13-17-25)29(32)34-26-18-19-27(28(31)21-26)22-10-14-24(30)15-11-22/h10-11,14-15,18-19,21,23,25H,2-9,12-13,16-17,20H2,1H3/t23-,25-.